The molecule has 1 N–H and O–H groups in total. The first-order valence-electron chi connectivity index (χ1n) is 4.50. The van der Waals surface area contributed by atoms with Crippen LogP contribution < -0.4 is 0 Å². The van der Waals surface area contributed by atoms with Gasteiger partial charge in [0.05, 0.1) is 11.3 Å². The molecule has 90 valence electrons. The number of carboxylic acids is 1. The maximum atomic E-state index is 10.6. The van der Waals surface area contributed by atoms with Gasteiger partial charge in [0.2, 0.25) is 0 Å². The monoisotopic (exact) mass is 288 g/mol. The Morgan fingerprint density at radius 3 is 2.88 bits per heavy atom. The zero-order valence-corrected chi connectivity index (χ0v) is 11.2. The Labute approximate surface area is 110 Å². The van der Waals surface area contributed by atoms with Crippen LogP contribution in [0.25, 0.3) is 0 Å². The molecule has 8 heteroatoms. The Balaban J connectivity index is 1.94. The zero-order valence-electron chi connectivity index (χ0n) is 8.74. The van der Waals surface area contributed by atoms with Crippen molar-refractivity contribution in [3.63, 3.8) is 0 Å². The van der Waals surface area contributed by atoms with Gasteiger partial charge in [-0.15, -0.1) is 10.2 Å². The maximum Gasteiger partial charge on any atom is 0.338 e. The van der Waals surface area contributed by atoms with Crippen molar-refractivity contribution in [3.05, 3.63) is 23.7 Å². The molecule has 0 bridgehead atoms. The van der Waals surface area contributed by atoms with E-state index in [1.54, 1.807) is 11.8 Å². The highest BCUT2D eigenvalue weighted by atomic mass is 32.2. The van der Waals surface area contributed by atoms with E-state index in [4.69, 9.17) is 9.52 Å². The summed E-state index contributed by atoms with van der Waals surface area (Å²) in [6, 6.07) is 1.52. The molecule has 2 aromatic heterocycles. The van der Waals surface area contributed by atoms with Gasteiger partial charge < -0.3 is 9.52 Å². The van der Waals surface area contributed by atoms with Crippen LogP contribution in [0.1, 0.15) is 16.1 Å². The lowest BCUT2D eigenvalue weighted by molar-refractivity contribution is 0.0696. The summed E-state index contributed by atoms with van der Waals surface area (Å²) in [5.41, 5.74) is 0.169. The lowest BCUT2D eigenvalue weighted by Gasteiger charge is -1.91. The summed E-state index contributed by atoms with van der Waals surface area (Å²) < 4.78 is 6.89. The minimum Gasteiger partial charge on any atom is -0.478 e. The molecule has 0 saturated heterocycles. The highest BCUT2D eigenvalue weighted by Crippen LogP contribution is 2.29. The molecular formula is C9H8N2O3S3. The number of aromatic nitrogens is 2. The van der Waals surface area contributed by atoms with Crippen LogP contribution in [0.4, 0.5) is 0 Å². The molecule has 17 heavy (non-hydrogen) atoms. The standard InChI is InChI=1S/C9H8N2O3S3/c1-15-8-10-11-9(17-8)16-4-6-2-5(3-14-6)7(12)13/h2-3H,4H2,1H3,(H,12,13). The van der Waals surface area contributed by atoms with Gasteiger partial charge in [0, 0.05) is 0 Å². The molecule has 0 saturated carbocycles. The molecule has 2 rings (SSSR count). The van der Waals surface area contributed by atoms with Crippen LogP contribution in [0.2, 0.25) is 0 Å². The second-order valence-electron chi connectivity index (χ2n) is 2.93. The van der Waals surface area contributed by atoms with E-state index >= 15 is 0 Å². The summed E-state index contributed by atoms with van der Waals surface area (Å²) in [6.45, 7) is 0. The first kappa shape index (κ1) is 12.5. The third-order valence-electron chi connectivity index (χ3n) is 1.80. The summed E-state index contributed by atoms with van der Waals surface area (Å²) in [5.74, 6) is 0.190. The molecule has 0 amide bonds. The van der Waals surface area contributed by atoms with E-state index in [2.05, 4.69) is 10.2 Å². The number of rotatable bonds is 5. The van der Waals surface area contributed by atoms with Crippen LogP contribution in [-0.2, 0) is 5.75 Å². The minimum atomic E-state index is -0.981. The zero-order chi connectivity index (χ0) is 12.3. The number of nitrogens with zero attached hydrogens (tertiary/aromatic N) is 2. The van der Waals surface area contributed by atoms with Gasteiger partial charge in [-0.3, -0.25) is 0 Å². The van der Waals surface area contributed by atoms with Gasteiger partial charge in [-0.1, -0.05) is 34.9 Å². The summed E-state index contributed by atoms with van der Waals surface area (Å²) >= 11 is 4.54. The fraction of sp³-hybridized carbons (Fsp3) is 0.222. The topological polar surface area (TPSA) is 76.2 Å². The van der Waals surface area contributed by atoms with E-state index in [-0.39, 0.29) is 5.56 Å². The van der Waals surface area contributed by atoms with E-state index in [0.29, 0.717) is 11.5 Å². The molecule has 2 aromatic rings. The van der Waals surface area contributed by atoms with Crippen LogP contribution in [0.3, 0.4) is 0 Å². The normalized spacial score (nSPS) is 10.6. The van der Waals surface area contributed by atoms with Crippen molar-refractivity contribution in [1.29, 1.82) is 0 Å². The molecule has 0 atom stereocenters. The maximum absolute atomic E-state index is 10.6. The average molecular weight is 288 g/mol. The van der Waals surface area contributed by atoms with E-state index in [0.717, 1.165) is 8.68 Å². The molecule has 0 fully saturated rings. The van der Waals surface area contributed by atoms with Gasteiger partial charge in [-0.2, -0.15) is 0 Å². The quantitative estimate of drug-likeness (QED) is 0.848. The minimum absolute atomic E-state index is 0.169. The Bertz CT molecular complexity index is 523. The Hall–Kier alpha value is -0.990. The van der Waals surface area contributed by atoms with Crippen LogP contribution in [0, 0.1) is 0 Å². The van der Waals surface area contributed by atoms with E-state index in [1.807, 2.05) is 6.26 Å². The first-order chi connectivity index (χ1) is 8.19. The van der Waals surface area contributed by atoms with Crippen molar-refractivity contribution in [3.8, 4) is 0 Å². The molecule has 0 aliphatic heterocycles. The van der Waals surface area contributed by atoms with Crippen LogP contribution in [0.15, 0.2) is 25.4 Å². The van der Waals surface area contributed by atoms with Crippen molar-refractivity contribution in [1.82, 2.24) is 10.2 Å². The second-order valence-corrected chi connectivity index (χ2v) is 6.19. The van der Waals surface area contributed by atoms with Gasteiger partial charge >= 0.3 is 5.97 Å². The molecule has 0 unspecified atom stereocenters. The molecule has 0 aliphatic carbocycles. The fourth-order valence-electron chi connectivity index (χ4n) is 1.04. The van der Waals surface area contributed by atoms with Gasteiger partial charge in [0.1, 0.15) is 12.0 Å². The highest BCUT2D eigenvalue weighted by Gasteiger charge is 2.10. The smallest absolute Gasteiger partial charge is 0.338 e. The van der Waals surface area contributed by atoms with E-state index in [1.165, 1.54) is 35.4 Å². The Morgan fingerprint density at radius 1 is 1.53 bits per heavy atom. The number of carboxylic acid groups (broad SMARTS) is 1. The summed E-state index contributed by atoms with van der Waals surface area (Å²) in [7, 11) is 0. The van der Waals surface area contributed by atoms with E-state index < -0.39 is 5.97 Å². The lowest BCUT2D eigenvalue weighted by Crippen LogP contribution is -1.91. The summed E-state index contributed by atoms with van der Waals surface area (Å²) in [5, 5.41) is 16.7. The predicted octanol–water partition coefficient (Wildman–Crippen LogP) is 2.84. The lowest BCUT2D eigenvalue weighted by atomic mass is 10.3. The molecule has 5 nitrogen and oxygen atoms in total. The molecule has 2 heterocycles. The number of aromatic carboxylic acids is 1. The van der Waals surface area contributed by atoms with Gasteiger partial charge in [0.25, 0.3) is 0 Å². The molecule has 0 radical (unpaired) electrons. The fourth-order valence-corrected chi connectivity index (χ4v) is 3.37. The number of thioether (sulfide) groups is 2. The van der Waals surface area contributed by atoms with Crippen LogP contribution in [-0.4, -0.2) is 27.5 Å². The van der Waals surface area contributed by atoms with Crippen molar-refractivity contribution in [2.45, 2.75) is 14.4 Å². The number of carbonyl (C=O) groups is 1. The van der Waals surface area contributed by atoms with Crippen molar-refractivity contribution >= 4 is 40.8 Å². The molecular weight excluding hydrogens is 280 g/mol. The SMILES string of the molecule is CSc1nnc(SCc2cc(C(=O)O)co2)s1. The molecule has 0 spiro atoms. The van der Waals surface area contributed by atoms with Gasteiger partial charge in [0.15, 0.2) is 8.68 Å². The predicted molar refractivity (Wildman–Crippen MR) is 66.9 cm³/mol. The highest BCUT2D eigenvalue weighted by molar-refractivity contribution is 8.02. The molecule has 0 aromatic carbocycles. The Morgan fingerprint density at radius 2 is 2.29 bits per heavy atom. The van der Waals surface area contributed by atoms with Gasteiger partial charge in [-0.25, -0.2) is 4.79 Å². The van der Waals surface area contributed by atoms with Gasteiger partial charge in [-0.05, 0) is 12.3 Å². The molecule has 0 aliphatic rings. The van der Waals surface area contributed by atoms with Crippen LogP contribution in [0.5, 0.6) is 0 Å². The summed E-state index contributed by atoms with van der Waals surface area (Å²) in [4.78, 5) is 10.6. The first-order valence-corrected chi connectivity index (χ1v) is 7.52. The van der Waals surface area contributed by atoms with Crippen molar-refractivity contribution in [2.75, 3.05) is 6.26 Å². The van der Waals surface area contributed by atoms with Crippen LogP contribution >= 0.6 is 34.9 Å². The summed E-state index contributed by atoms with van der Waals surface area (Å²) in [6.07, 6.45) is 3.19. The third kappa shape index (κ3) is 3.24. The number of hydrogen-bond donors (Lipinski definition) is 1. The number of hydrogen-bond acceptors (Lipinski definition) is 7. The van der Waals surface area contributed by atoms with E-state index in [9.17, 15) is 4.79 Å². The third-order valence-corrected chi connectivity index (χ3v) is 4.86. The largest absolute Gasteiger partial charge is 0.478 e. The Kier molecular flexibility index (Phi) is 4.08. The second kappa shape index (κ2) is 5.56. The number of furan rings is 1. The van der Waals surface area contributed by atoms with Crippen molar-refractivity contribution in [2.24, 2.45) is 0 Å². The average Bonchev–Trinajstić information content (AvgIpc) is 2.95. The van der Waals surface area contributed by atoms with Crippen molar-refractivity contribution < 1.29 is 14.3 Å².